The fourth-order valence-corrected chi connectivity index (χ4v) is 3.70. The largest absolute Gasteiger partial charge is 0.207 e. The first-order chi connectivity index (χ1) is 7.99. The van der Waals surface area contributed by atoms with Crippen molar-refractivity contribution < 1.29 is 4.39 Å². The van der Waals surface area contributed by atoms with Crippen LogP contribution < -0.4 is 0 Å². The first kappa shape index (κ1) is 13.3. The van der Waals surface area contributed by atoms with Gasteiger partial charge in [0.25, 0.3) is 0 Å². The Balaban J connectivity index is 2.42. The quantitative estimate of drug-likeness (QED) is 0.586. The molecule has 1 unspecified atom stereocenters. The number of hydrogen-bond acceptors (Lipinski definition) is 1. The van der Waals surface area contributed by atoms with Crippen molar-refractivity contribution in [2.45, 2.75) is 12.3 Å². The third kappa shape index (κ3) is 2.84. The smallest absolute Gasteiger partial charge is 0.123 e. The van der Waals surface area contributed by atoms with Crippen molar-refractivity contribution in [2.24, 2.45) is 0 Å². The second-order valence-electron chi connectivity index (χ2n) is 3.63. The fourth-order valence-electron chi connectivity index (χ4n) is 1.53. The number of aryl methyl sites for hydroxylation is 1. The van der Waals surface area contributed by atoms with Gasteiger partial charge in [0.2, 0.25) is 0 Å². The maximum absolute atomic E-state index is 13.2. The van der Waals surface area contributed by atoms with E-state index >= 15 is 0 Å². The highest BCUT2D eigenvalue weighted by molar-refractivity contribution is 9.11. The maximum atomic E-state index is 13.2. The van der Waals surface area contributed by atoms with Crippen LogP contribution in [0.5, 0.6) is 0 Å². The lowest BCUT2D eigenvalue weighted by molar-refractivity contribution is 0.625. The topological polar surface area (TPSA) is 0 Å². The average Bonchev–Trinajstić information content (AvgIpc) is 2.62. The molecular weight excluding hydrogens is 346 g/mol. The molecule has 0 saturated heterocycles. The number of benzene rings is 1. The summed E-state index contributed by atoms with van der Waals surface area (Å²) in [6, 6.07) is 6.43. The van der Waals surface area contributed by atoms with Gasteiger partial charge in [0.05, 0.1) is 14.2 Å². The van der Waals surface area contributed by atoms with Crippen LogP contribution in [0, 0.1) is 12.7 Å². The number of hydrogen-bond donors (Lipinski definition) is 0. The molecule has 1 aromatic heterocycles. The van der Waals surface area contributed by atoms with Crippen LogP contribution in [-0.2, 0) is 0 Å². The molecule has 2 aromatic rings. The molecule has 1 aromatic carbocycles. The van der Waals surface area contributed by atoms with Crippen molar-refractivity contribution in [3.05, 3.63) is 54.9 Å². The van der Waals surface area contributed by atoms with E-state index in [2.05, 4.69) is 15.9 Å². The first-order valence-electron chi connectivity index (χ1n) is 4.84. The van der Waals surface area contributed by atoms with E-state index in [-0.39, 0.29) is 11.2 Å². The predicted molar refractivity (Wildman–Crippen MR) is 75.9 cm³/mol. The van der Waals surface area contributed by atoms with Gasteiger partial charge in [-0.3, -0.25) is 0 Å². The summed E-state index contributed by atoms with van der Waals surface area (Å²) in [7, 11) is 0. The Bertz CT molecular complexity index is 534. The summed E-state index contributed by atoms with van der Waals surface area (Å²) in [4.78, 5) is 0.900. The van der Waals surface area contributed by atoms with E-state index in [1.54, 1.807) is 12.1 Å². The monoisotopic (exact) mass is 352 g/mol. The molecule has 0 bridgehead atoms. The molecule has 0 aliphatic carbocycles. The fraction of sp³-hybridized carbons (Fsp3) is 0.167. The van der Waals surface area contributed by atoms with E-state index < -0.39 is 0 Å². The van der Waals surface area contributed by atoms with Gasteiger partial charge < -0.3 is 0 Å². The highest BCUT2D eigenvalue weighted by Gasteiger charge is 2.17. The number of rotatable bonds is 2. The minimum absolute atomic E-state index is 0.280. The summed E-state index contributed by atoms with van der Waals surface area (Å²) in [6.07, 6.45) is 0. The lowest BCUT2D eigenvalue weighted by Crippen LogP contribution is -1.95. The van der Waals surface area contributed by atoms with Crippen LogP contribution in [0.25, 0.3) is 0 Å². The molecule has 0 spiro atoms. The zero-order chi connectivity index (χ0) is 12.6. The standard InChI is InChI=1S/C12H8BrCl2FS/c1-6-2-3-7(16)4-8(6)11(15)10-5-9(14)12(13)17-10/h2-5,11H,1H3. The van der Waals surface area contributed by atoms with Gasteiger partial charge in [-0.2, -0.15) is 0 Å². The van der Waals surface area contributed by atoms with Gasteiger partial charge in [0, 0.05) is 4.88 Å². The van der Waals surface area contributed by atoms with Crippen molar-refractivity contribution >= 4 is 50.5 Å². The Morgan fingerprint density at radius 3 is 2.65 bits per heavy atom. The minimum atomic E-state index is -0.375. The van der Waals surface area contributed by atoms with Crippen molar-refractivity contribution in [3.8, 4) is 0 Å². The molecule has 1 heterocycles. The Labute approximate surface area is 121 Å². The number of halogens is 4. The van der Waals surface area contributed by atoms with Gasteiger partial charge in [0.1, 0.15) is 5.82 Å². The van der Waals surface area contributed by atoms with Gasteiger partial charge >= 0.3 is 0 Å². The van der Waals surface area contributed by atoms with Crippen LogP contribution in [0.3, 0.4) is 0 Å². The van der Waals surface area contributed by atoms with Crippen molar-refractivity contribution in [1.82, 2.24) is 0 Å². The van der Waals surface area contributed by atoms with E-state index in [0.717, 1.165) is 19.8 Å². The third-order valence-electron chi connectivity index (χ3n) is 2.43. The molecule has 0 saturated carbocycles. The van der Waals surface area contributed by atoms with Crippen molar-refractivity contribution in [3.63, 3.8) is 0 Å². The van der Waals surface area contributed by atoms with E-state index in [9.17, 15) is 4.39 Å². The van der Waals surface area contributed by atoms with E-state index in [1.165, 1.54) is 23.5 Å². The molecule has 0 N–H and O–H groups in total. The molecule has 0 amide bonds. The molecule has 0 nitrogen and oxygen atoms in total. The zero-order valence-electron chi connectivity index (χ0n) is 8.81. The highest BCUT2D eigenvalue weighted by Crippen LogP contribution is 2.41. The van der Waals surface area contributed by atoms with Gasteiger partial charge in [-0.1, -0.05) is 17.7 Å². The molecule has 0 radical (unpaired) electrons. The van der Waals surface area contributed by atoms with Crippen LogP contribution in [0.4, 0.5) is 4.39 Å². The number of thiophene rings is 1. The summed E-state index contributed by atoms with van der Waals surface area (Å²) in [5.74, 6) is -0.280. The Morgan fingerprint density at radius 2 is 2.06 bits per heavy atom. The predicted octanol–water partition coefficient (Wildman–Crippen LogP) is 5.94. The second-order valence-corrected chi connectivity index (χ2v) is 6.88. The minimum Gasteiger partial charge on any atom is -0.207 e. The average molecular weight is 354 g/mol. The van der Waals surface area contributed by atoms with Gasteiger partial charge in [-0.25, -0.2) is 4.39 Å². The Kier molecular flexibility index (Phi) is 4.14. The Morgan fingerprint density at radius 1 is 1.35 bits per heavy atom. The summed E-state index contributed by atoms with van der Waals surface area (Å²) >= 11 is 17.1. The molecule has 0 fully saturated rings. The highest BCUT2D eigenvalue weighted by atomic mass is 79.9. The van der Waals surface area contributed by atoms with Crippen LogP contribution in [0.1, 0.15) is 21.4 Å². The van der Waals surface area contributed by atoms with Crippen LogP contribution in [-0.4, -0.2) is 0 Å². The van der Waals surface area contributed by atoms with Crippen molar-refractivity contribution in [1.29, 1.82) is 0 Å². The van der Waals surface area contributed by atoms with Crippen molar-refractivity contribution in [2.75, 3.05) is 0 Å². The summed E-state index contributed by atoms with van der Waals surface area (Å²) in [6.45, 7) is 1.91. The molecular formula is C12H8BrCl2FS. The molecule has 90 valence electrons. The van der Waals surface area contributed by atoms with Crippen LogP contribution in [0.15, 0.2) is 28.1 Å². The summed E-state index contributed by atoms with van der Waals surface area (Å²) in [5, 5.41) is 0.254. The van der Waals surface area contributed by atoms with E-state index in [1.807, 2.05) is 6.92 Å². The van der Waals surface area contributed by atoms with E-state index in [0.29, 0.717) is 5.02 Å². The Hall–Kier alpha value is -0.0900. The zero-order valence-corrected chi connectivity index (χ0v) is 12.7. The number of alkyl halides is 1. The summed E-state index contributed by atoms with van der Waals surface area (Å²) < 4.78 is 14.1. The molecule has 1 atom stereocenters. The molecule has 2 rings (SSSR count). The molecule has 0 aliphatic heterocycles. The van der Waals surface area contributed by atoms with Gasteiger partial charge in [0.15, 0.2) is 0 Å². The normalized spacial score (nSPS) is 12.8. The molecule has 5 heteroatoms. The van der Waals surface area contributed by atoms with Gasteiger partial charge in [-0.05, 0) is 52.2 Å². The second kappa shape index (κ2) is 5.27. The molecule has 0 aliphatic rings. The maximum Gasteiger partial charge on any atom is 0.123 e. The van der Waals surface area contributed by atoms with Gasteiger partial charge in [-0.15, -0.1) is 22.9 Å². The van der Waals surface area contributed by atoms with Crippen LogP contribution >= 0.6 is 50.5 Å². The molecule has 17 heavy (non-hydrogen) atoms. The SMILES string of the molecule is Cc1ccc(F)cc1C(Cl)c1cc(Cl)c(Br)s1. The van der Waals surface area contributed by atoms with E-state index in [4.69, 9.17) is 23.2 Å². The lowest BCUT2D eigenvalue weighted by Gasteiger charge is -2.11. The van der Waals surface area contributed by atoms with Crippen LogP contribution in [0.2, 0.25) is 5.02 Å². The lowest BCUT2D eigenvalue weighted by atomic mass is 10.0. The third-order valence-corrected chi connectivity index (χ3v) is 5.57. The summed E-state index contributed by atoms with van der Waals surface area (Å²) in [5.41, 5.74) is 1.74. The first-order valence-corrected chi connectivity index (χ1v) is 7.26.